The van der Waals surface area contributed by atoms with Crippen molar-refractivity contribution in [1.82, 2.24) is 15.4 Å². The Bertz CT molecular complexity index is 588. The molecule has 22 heavy (non-hydrogen) atoms. The number of hydrogen-bond acceptors (Lipinski definition) is 4. The molecule has 1 aromatic rings. The molecule has 1 rings (SSSR count). The van der Waals surface area contributed by atoms with E-state index in [9.17, 15) is 8.42 Å². The molecule has 0 aliphatic rings. The molecule has 0 fully saturated rings. The molecule has 3 N–H and O–H groups in total. The Morgan fingerprint density at radius 1 is 1.32 bits per heavy atom. The first-order valence-corrected chi connectivity index (χ1v) is 8.56. The molecule has 8 heteroatoms. The Labute approximate surface area is 132 Å². The first-order valence-electron chi connectivity index (χ1n) is 7.08. The molecule has 0 aliphatic carbocycles. The topological polar surface area (TPSA) is 91.8 Å². The lowest BCUT2D eigenvalue weighted by molar-refractivity contribution is 0.152. The number of aliphatic imine (C=N–C) groups is 1. The molecule has 124 valence electrons. The fraction of sp³-hybridized carbons (Fsp3) is 0.500. The quantitative estimate of drug-likeness (QED) is 0.363. The monoisotopic (exact) mass is 328 g/mol. The van der Waals surface area contributed by atoms with E-state index in [2.05, 4.69) is 20.3 Å². The van der Waals surface area contributed by atoms with Gasteiger partial charge in [-0.3, -0.25) is 4.99 Å². The lowest BCUT2D eigenvalue weighted by Crippen LogP contribution is -2.38. The van der Waals surface area contributed by atoms with Crippen LogP contribution in [0, 0.1) is 0 Å². The van der Waals surface area contributed by atoms with Crippen LogP contribution in [0.3, 0.4) is 0 Å². The van der Waals surface area contributed by atoms with Gasteiger partial charge in [0.1, 0.15) is 0 Å². The van der Waals surface area contributed by atoms with Gasteiger partial charge in [0.05, 0.1) is 11.5 Å². The van der Waals surface area contributed by atoms with Crippen LogP contribution in [0.1, 0.15) is 12.5 Å². The summed E-state index contributed by atoms with van der Waals surface area (Å²) in [6.45, 7) is 4.36. The summed E-state index contributed by atoms with van der Waals surface area (Å²) < 4.78 is 31.1. The lowest BCUT2D eigenvalue weighted by atomic mass is 10.2. The minimum Gasteiger partial charge on any atom is -0.380 e. The number of nitrogens with zero attached hydrogens (tertiary/aromatic N) is 1. The second-order valence-corrected chi connectivity index (χ2v) is 6.29. The highest BCUT2D eigenvalue weighted by Gasteiger charge is 2.11. The van der Waals surface area contributed by atoms with Gasteiger partial charge in [-0.05, 0) is 31.7 Å². The summed E-state index contributed by atoms with van der Waals surface area (Å²) in [5.74, 6) is 0.640. The van der Waals surface area contributed by atoms with Crippen molar-refractivity contribution >= 4 is 16.0 Å². The van der Waals surface area contributed by atoms with E-state index in [1.54, 1.807) is 25.2 Å². The zero-order valence-corrected chi connectivity index (χ0v) is 14.0. The minimum atomic E-state index is -3.43. The molecule has 0 spiro atoms. The van der Waals surface area contributed by atoms with E-state index in [1.165, 1.54) is 7.05 Å². The number of rotatable bonds is 8. The van der Waals surface area contributed by atoms with Gasteiger partial charge in [-0.1, -0.05) is 12.1 Å². The standard InChI is InChI=1S/C14H24N4O3S/c1-4-21-9-8-17-14(15-2)18-11-12-6-5-7-13(10-12)22(19,20)16-3/h5-7,10,16H,4,8-9,11H2,1-3H3,(H2,15,17,18). The molecule has 0 unspecified atom stereocenters. The van der Waals surface area contributed by atoms with Gasteiger partial charge in [-0.15, -0.1) is 0 Å². The van der Waals surface area contributed by atoms with Crippen LogP contribution in [-0.4, -0.2) is 48.2 Å². The predicted octanol–water partition coefficient (Wildman–Crippen LogP) is 0.296. The molecule has 0 bridgehead atoms. The highest BCUT2D eigenvalue weighted by atomic mass is 32.2. The molecule has 0 amide bonds. The molecule has 0 saturated carbocycles. The van der Waals surface area contributed by atoms with Crippen LogP contribution >= 0.6 is 0 Å². The fourth-order valence-corrected chi connectivity index (χ4v) is 2.53. The van der Waals surface area contributed by atoms with Crippen LogP contribution in [-0.2, 0) is 21.3 Å². The first-order chi connectivity index (χ1) is 10.5. The van der Waals surface area contributed by atoms with Gasteiger partial charge >= 0.3 is 0 Å². The Balaban J connectivity index is 2.58. The third-order valence-electron chi connectivity index (χ3n) is 2.90. The molecule has 0 saturated heterocycles. The highest BCUT2D eigenvalue weighted by molar-refractivity contribution is 7.89. The van der Waals surface area contributed by atoms with E-state index >= 15 is 0 Å². The highest BCUT2D eigenvalue weighted by Crippen LogP contribution is 2.10. The Kier molecular flexibility index (Phi) is 7.86. The van der Waals surface area contributed by atoms with Crippen LogP contribution in [0.4, 0.5) is 0 Å². The summed E-state index contributed by atoms with van der Waals surface area (Å²) in [6, 6.07) is 6.76. The van der Waals surface area contributed by atoms with Gasteiger partial charge in [0, 0.05) is 26.7 Å². The summed E-state index contributed by atoms with van der Waals surface area (Å²) in [4.78, 5) is 4.34. The summed E-state index contributed by atoms with van der Waals surface area (Å²) in [6.07, 6.45) is 0. The van der Waals surface area contributed by atoms with Gasteiger partial charge in [0.25, 0.3) is 0 Å². The zero-order chi connectivity index (χ0) is 16.4. The normalized spacial score (nSPS) is 12.2. The molecule has 7 nitrogen and oxygen atoms in total. The number of nitrogens with one attached hydrogen (secondary N) is 3. The van der Waals surface area contributed by atoms with Crippen molar-refractivity contribution in [3.63, 3.8) is 0 Å². The van der Waals surface area contributed by atoms with Crippen molar-refractivity contribution < 1.29 is 13.2 Å². The van der Waals surface area contributed by atoms with E-state index < -0.39 is 10.0 Å². The van der Waals surface area contributed by atoms with E-state index in [4.69, 9.17) is 4.74 Å². The SMILES string of the molecule is CCOCCNC(=NC)NCc1cccc(S(=O)(=O)NC)c1. The van der Waals surface area contributed by atoms with Crippen molar-refractivity contribution in [2.45, 2.75) is 18.4 Å². The number of benzene rings is 1. The second-order valence-electron chi connectivity index (χ2n) is 4.40. The Morgan fingerprint density at radius 2 is 2.09 bits per heavy atom. The molecule has 0 heterocycles. The summed E-state index contributed by atoms with van der Waals surface area (Å²) in [5, 5.41) is 6.24. The van der Waals surface area contributed by atoms with Crippen LogP contribution in [0.2, 0.25) is 0 Å². The van der Waals surface area contributed by atoms with Gasteiger partial charge in [0.15, 0.2) is 5.96 Å². The molecule has 0 aromatic heterocycles. The average molecular weight is 328 g/mol. The zero-order valence-electron chi connectivity index (χ0n) is 13.2. The maximum Gasteiger partial charge on any atom is 0.240 e. The minimum absolute atomic E-state index is 0.244. The van der Waals surface area contributed by atoms with E-state index in [-0.39, 0.29) is 4.90 Å². The molecule has 0 aliphatic heterocycles. The van der Waals surface area contributed by atoms with Crippen LogP contribution in [0.15, 0.2) is 34.2 Å². The largest absolute Gasteiger partial charge is 0.380 e. The molecule has 0 radical (unpaired) electrons. The van der Waals surface area contributed by atoms with Gasteiger partial charge < -0.3 is 15.4 Å². The Hall–Kier alpha value is -1.64. The van der Waals surface area contributed by atoms with Crippen molar-refractivity contribution in [3.05, 3.63) is 29.8 Å². The number of sulfonamides is 1. The Morgan fingerprint density at radius 3 is 2.73 bits per heavy atom. The predicted molar refractivity (Wildman–Crippen MR) is 87.4 cm³/mol. The fourth-order valence-electron chi connectivity index (χ4n) is 1.73. The summed E-state index contributed by atoms with van der Waals surface area (Å²) in [5.41, 5.74) is 0.851. The van der Waals surface area contributed by atoms with Crippen LogP contribution < -0.4 is 15.4 Å². The second kappa shape index (κ2) is 9.39. The molecular formula is C14H24N4O3S. The van der Waals surface area contributed by atoms with Gasteiger partial charge in [0.2, 0.25) is 10.0 Å². The maximum atomic E-state index is 11.8. The van der Waals surface area contributed by atoms with Crippen molar-refractivity contribution in [1.29, 1.82) is 0 Å². The van der Waals surface area contributed by atoms with Crippen LogP contribution in [0.5, 0.6) is 0 Å². The number of hydrogen-bond donors (Lipinski definition) is 3. The smallest absolute Gasteiger partial charge is 0.240 e. The van der Waals surface area contributed by atoms with Crippen molar-refractivity contribution in [2.24, 2.45) is 4.99 Å². The maximum absolute atomic E-state index is 11.8. The molecule has 1 aromatic carbocycles. The third kappa shape index (κ3) is 6.00. The average Bonchev–Trinajstić information content (AvgIpc) is 2.54. The first kappa shape index (κ1) is 18.4. The molecule has 0 atom stereocenters. The van der Waals surface area contributed by atoms with Crippen molar-refractivity contribution in [3.8, 4) is 0 Å². The lowest BCUT2D eigenvalue weighted by Gasteiger charge is -2.12. The number of ether oxygens (including phenoxy) is 1. The third-order valence-corrected chi connectivity index (χ3v) is 4.32. The van der Waals surface area contributed by atoms with E-state index in [0.717, 1.165) is 5.56 Å². The number of guanidine groups is 1. The molecular weight excluding hydrogens is 304 g/mol. The van der Waals surface area contributed by atoms with Gasteiger partial charge in [-0.25, -0.2) is 13.1 Å². The van der Waals surface area contributed by atoms with E-state index in [1.807, 2.05) is 13.0 Å². The van der Waals surface area contributed by atoms with Crippen LogP contribution in [0.25, 0.3) is 0 Å². The summed E-state index contributed by atoms with van der Waals surface area (Å²) >= 11 is 0. The van der Waals surface area contributed by atoms with Gasteiger partial charge in [-0.2, -0.15) is 0 Å². The summed E-state index contributed by atoms with van der Waals surface area (Å²) in [7, 11) is -0.354. The van der Waals surface area contributed by atoms with E-state index in [0.29, 0.717) is 32.3 Å². The van der Waals surface area contributed by atoms with Crippen molar-refractivity contribution in [2.75, 3.05) is 33.9 Å².